The van der Waals surface area contributed by atoms with Crippen LogP contribution in [-0.4, -0.2) is 17.7 Å². The molecule has 2 atom stereocenters. The van der Waals surface area contributed by atoms with Gasteiger partial charge < -0.3 is 14.8 Å². The second-order valence-electron chi connectivity index (χ2n) is 7.44. The van der Waals surface area contributed by atoms with E-state index >= 15 is 0 Å². The molecule has 0 aliphatic heterocycles. The molecule has 0 radical (unpaired) electrons. The lowest BCUT2D eigenvalue weighted by Gasteiger charge is -2.19. The van der Waals surface area contributed by atoms with Gasteiger partial charge in [0, 0.05) is 12.0 Å². The summed E-state index contributed by atoms with van der Waals surface area (Å²) in [5.41, 5.74) is 1.90. The lowest BCUT2D eigenvalue weighted by atomic mass is 10.1. The zero-order valence-corrected chi connectivity index (χ0v) is 15.0. The number of alkyl carbamates (subject to hydrolysis) is 1. The van der Waals surface area contributed by atoms with Crippen molar-refractivity contribution in [2.45, 2.75) is 51.4 Å². The number of ether oxygens (including phenoxy) is 2. The third-order valence-corrected chi connectivity index (χ3v) is 4.05. The number of nitrogens with one attached hydrogen (secondary N) is 1. The Labute approximate surface area is 149 Å². The molecule has 1 aliphatic rings. The van der Waals surface area contributed by atoms with E-state index in [-0.39, 0.29) is 12.1 Å². The topological polar surface area (TPSA) is 47.6 Å². The highest BCUT2D eigenvalue weighted by molar-refractivity contribution is 5.69. The van der Waals surface area contributed by atoms with Crippen LogP contribution < -0.4 is 10.1 Å². The lowest BCUT2D eigenvalue weighted by molar-refractivity contribution is 0.0523. The molecule has 0 bridgehead atoms. The average Bonchev–Trinajstić information content (AvgIpc) is 3.31. The van der Waals surface area contributed by atoms with Crippen LogP contribution in [0.1, 0.15) is 44.2 Å². The van der Waals surface area contributed by atoms with Crippen LogP contribution in [-0.2, 0) is 11.3 Å². The van der Waals surface area contributed by atoms with Gasteiger partial charge in [-0.15, -0.1) is 0 Å². The fourth-order valence-corrected chi connectivity index (χ4v) is 2.73. The van der Waals surface area contributed by atoms with Crippen LogP contribution in [0.4, 0.5) is 4.79 Å². The molecule has 1 N–H and O–H groups in total. The van der Waals surface area contributed by atoms with Crippen LogP contribution >= 0.6 is 0 Å². The van der Waals surface area contributed by atoms with Gasteiger partial charge in [0.05, 0.1) is 0 Å². The molecule has 3 rings (SSSR count). The zero-order chi connectivity index (χ0) is 17.9. The number of amides is 1. The summed E-state index contributed by atoms with van der Waals surface area (Å²) in [4.78, 5) is 11.8. The maximum atomic E-state index is 11.8. The number of carbonyl (C=O) groups is 1. The fourth-order valence-electron chi connectivity index (χ4n) is 2.73. The minimum atomic E-state index is -0.466. The summed E-state index contributed by atoms with van der Waals surface area (Å²) >= 11 is 0. The number of benzene rings is 2. The summed E-state index contributed by atoms with van der Waals surface area (Å²) in [6.07, 6.45) is 0.603. The van der Waals surface area contributed by atoms with Crippen molar-refractivity contribution in [1.82, 2.24) is 5.32 Å². The number of rotatable bonds is 5. The molecule has 1 amide bonds. The Balaban J connectivity index is 1.48. The maximum Gasteiger partial charge on any atom is 0.407 e. The molecule has 0 aromatic heterocycles. The van der Waals surface area contributed by atoms with Crippen LogP contribution in [0.2, 0.25) is 0 Å². The molecule has 1 saturated carbocycles. The normalized spacial score (nSPS) is 19.2. The minimum Gasteiger partial charge on any atom is -0.489 e. The Morgan fingerprint density at radius 2 is 1.76 bits per heavy atom. The Hall–Kier alpha value is -2.49. The molecular formula is C21H25NO3. The van der Waals surface area contributed by atoms with Gasteiger partial charge in [0.25, 0.3) is 0 Å². The van der Waals surface area contributed by atoms with Gasteiger partial charge in [-0.25, -0.2) is 4.79 Å². The predicted molar refractivity (Wildman–Crippen MR) is 97.7 cm³/mol. The molecule has 2 aromatic carbocycles. The van der Waals surface area contributed by atoms with Gasteiger partial charge in [-0.2, -0.15) is 0 Å². The van der Waals surface area contributed by atoms with Crippen LogP contribution in [0.5, 0.6) is 5.75 Å². The Bertz CT molecular complexity index is 704. The Kier molecular flexibility index (Phi) is 4.98. The van der Waals surface area contributed by atoms with E-state index in [9.17, 15) is 4.79 Å². The molecule has 0 heterocycles. The van der Waals surface area contributed by atoms with Crippen LogP contribution in [0.25, 0.3) is 0 Å². The first-order valence-electron chi connectivity index (χ1n) is 8.67. The molecular weight excluding hydrogens is 314 g/mol. The number of carbonyl (C=O) groups excluding carboxylic acids is 1. The molecule has 25 heavy (non-hydrogen) atoms. The highest BCUT2D eigenvalue weighted by Crippen LogP contribution is 2.41. The lowest BCUT2D eigenvalue weighted by Crippen LogP contribution is -2.34. The zero-order valence-electron chi connectivity index (χ0n) is 15.0. The van der Waals surface area contributed by atoms with E-state index in [4.69, 9.17) is 9.47 Å². The number of hydrogen-bond donors (Lipinski definition) is 1. The molecule has 4 nitrogen and oxygen atoms in total. The summed E-state index contributed by atoms with van der Waals surface area (Å²) in [7, 11) is 0. The third-order valence-electron chi connectivity index (χ3n) is 4.05. The Morgan fingerprint density at radius 1 is 1.08 bits per heavy atom. The van der Waals surface area contributed by atoms with Crippen molar-refractivity contribution in [1.29, 1.82) is 0 Å². The van der Waals surface area contributed by atoms with Gasteiger partial charge in [0.2, 0.25) is 0 Å². The van der Waals surface area contributed by atoms with Crippen molar-refractivity contribution >= 4 is 6.09 Å². The molecule has 132 valence electrons. The van der Waals surface area contributed by atoms with E-state index < -0.39 is 5.60 Å². The van der Waals surface area contributed by atoms with Gasteiger partial charge in [-0.3, -0.25) is 0 Å². The molecule has 1 fully saturated rings. The second kappa shape index (κ2) is 7.18. The quantitative estimate of drug-likeness (QED) is 0.863. The SMILES string of the molecule is CC(C)(C)OC(=O)N[C@H]1C[C@@H]1c1ccc(OCc2ccccc2)cc1. The average molecular weight is 339 g/mol. The standard InChI is InChI=1S/C21H25NO3/c1-21(2,3)25-20(23)22-19-13-18(19)16-9-11-17(12-10-16)24-14-15-7-5-4-6-8-15/h4-12,18-19H,13-14H2,1-3H3,(H,22,23)/t18-,19+/m1/s1. The highest BCUT2D eigenvalue weighted by Gasteiger charge is 2.40. The first-order valence-corrected chi connectivity index (χ1v) is 8.67. The van der Waals surface area contributed by atoms with Crippen LogP contribution in [0, 0.1) is 0 Å². The molecule has 0 saturated heterocycles. The monoisotopic (exact) mass is 339 g/mol. The highest BCUT2D eigenvalue weighted by atomic mass is 16.6. The summed E-state index contributed by atoms with van der Waals surface area (Å²) in [6, 6.07) is 18.4. The summed E-state index contributed by atoms with van der Waals surface area (Å²) in [6.45, 7) is 6.16. The smallest absolute Gasteiger partial charge is 0.407 e. The van der Waals surface area contributed by atoms with Crippen molar-refractivity contribution < 1.29 is 14.3 Å². The fraction of sp³-hybridized carbons (Fsp3) is 0.381. The first-order chi connectivity index (χ1) is 11.9. The largest absolute Gasteiger partial charge is 0.489 e. The summed E-state index contributed by atoms with van der Waals surface area (Å²) in [5.74, 6) is 1.21. The number of hydrogen-bond acceptors (Lipinski definition) is 3. The van der Waals surface area contributed by atoms with Crippen molar-refractivity contribution in [3.63, 3.8) is 0 Å². The van der Waals surface area contributed by atoms with E-state index in [1.165, 1.54) is 5.56 Å². The van der Waals surface area contributed by atoms with Gasteiger partial charge in [-0.05, 0) is 50.5 Å². The van der Waals surface area contributed by atoms with Crippen LogP contribution in [0.15, 0.2) is 54.6 Å². The van der Waals surface area contributed by atoms with E-state index in [0.29, 0.717) is 12.5 Å². The summed E-state index contributed by atoms with van der Waals surface area (Å²) < 4.78 is 11.1. The molecule has 4 heteroatoms. The van der Waals surface area contributed by atoms with Gasteiger partial charge in [0.15, 0.2) is 0 Å². The second-order valence-corrected chi connectivity index (χ2v) is 7.44. The summed E-state index contributed by atoms with van der Waals surface area (Å²) in [5, 5.41) is 2.93. The minimum absolute atomic E-state index is 0.158. The van der Waals surface area contributed by atoms with Gasteiger partial charge in [-0.1, -0.05) is 42.5 Å². The van der Waals surface area contributed by atoms with Crippen molar-refractivity contribution in [3.8, 4) is 5.75 Å². The van der Waals surface area contributed by atoms with E-state index in [1.807, 2.05) is 63.2 Å². The van der Waals surface area contributed by atoms with E-state index in [2.05, 4.69) is 17.4 Å². The van der Waals surface area contributed by atoms with E-state index in [0.717, 1.165) is 17.7 Å². The van der Waals surface area contributed by atoms with Crippen molar-refractivity contribution in [2.24, 2.45) is 0 Å². The third kappa shape index (κ3) is 5.24. The molecule has 2 aromatic rings. The predicted octanol–water partition coefficient (Wildman–Crippen LogP) is 4.65. The van der Waals surface area contributed by atoms with Gasteiger partial charge >= 0.3 is 6.09 Å². The molecule has 0 spiro atoms. The Morgan fingerprint density at radius 3 is 2.40 bits per heavy atom. The maximum absolute atomic E-state index is 11.8. The molecule has 1 aliphatic carbocycles. The van der Waals surface area contributed by atoms with Crippen molar-refractivity contribution in [3.05, 3.63) is 65.7 Å². The van der Waals surface area contributed by atoms with Crippen molar-refractivity contribution in [2.75, 3.05) is 0 Å². The first kappa shape index (κ1) is 17.3. The van der Waals surface area contributed by atoms with Gasteiger partial charge in [0.1, 0.15) is 18.0 Å². The van der Waals surface area contributed by atoms with E-state index in [1.54, 1.807) is 0 Å². The van der Waals surface area contributed by atoms with Crippen LogP contribution in [0.3, 0.4) is 0 Å². The molecule has 0 unspecified atom stereocenters.